The highest BCUT2D eigenvalue weighted by molar-refractivity contribution is 5.94. The maximum absolute atomic E-state index is 11.8. The summed E-state index contributed by atoms with van der Waals surface area (Å²) in [6.45, 7) is 2.77. The number of hydrazone groups is 1. The van der Waals surface area contributed by atoms with Crippen molar-refractivity contribution in [3.63, 3.8) is 0 Å². The van der Waals surface area contributed by atoms with E-state index >= 15 is 0 Å². The number of benzene rings is 1. The fourth-order valence-corrected chi connectivity index (χ4v) is 1.94. The number of nitrogens with zero attached hydrogens (tertiary/aromatic N) is 2. The lowest BCUT2D eigenvalue weighted by atomic mass is 10.2. The molecule has 2 aromatic rings. The Labute approximate surface area is 141 Å². The first-order chi connectivity index (χ1) is 11.7. The molecule has 1 aromatic heterocycles. The van der Waals surface area contributed by atoms with Gasteiger partial charge in [-0.05, 0) is 42.3 Å². The second-order valence-corrected chi connectivity index (χ2v) is 5.05. The zero-order valence-electron chi connectivity index (χ0n) is 13.9. The summed E-state index contributed by atoms with van der Waals surface area (Å²) >= 11 is 0. The van der Waals surface area contributed by atoms with Crippen LogP contribution < -0.4 is 14.9 Å². The van der Waals surface area contributed by atoms with Gasteiger partial charge in [-0.15, -0.1) is 0 Å². The molecule has 0 saturated heterocycles. The third-order valence-corrected chi connectivity index (χ3v) is 3.25. The Morgan fingerprint density at radius 1 is 1.33 bits per heavy atom. The number of hydrogen-bond donors (Lipinski definition) is 1. The van der Waals surface area contributed by atoms with Crippen LogP contribution in [0.3, 0.4) is 0 Å². The van der Waals surface area contributed by atoms with Gasteiger partial charge in [0.2, 0.25) is 0 Å². The molecule has 0 aliphatic carbocycles. The van der Waals surface area contributed by atoms with Crippen LogP contribution in [-0.4, -0.2) is 30.8 Å². The number of amides is 1. The van der Waals surface area contributed by atoms with Crippen molar-refractivity contribution >= 4 is 12.1 Å². The number of aromatic nitrogens is 1. The lowest BCUT2D eigenvalue weighted by molar-refractivity contribution is 0.0955. The zero-order valence-corrected chi connectivity index (χ0v) is 13.9. The van der Waals surface area contributed by atoms with E-state index in [-0.39, 0.29) is 5.91 Å². The Hall–Kier alpha value is -2.89. The SMILES string of the molecule is CCCCOc1ccc(/C=N\NC(=O)c2cccnc2)cc1OC. The fourth-order valence-electron chi connectivity index (χ4n) is 1.94. The maximum Gasteiger partial charge on any atom is 0.272 e. The summed E-state index contributed by atoms with van der Waals surface area (Å²) in [6.07, 6.45) is 6.70. The number of carbonyl (C=O) groups is 1. The Morgan fingerprint density at radius 3 is 2.92 bits per heavy atom. The molecule has 6 heteroatoms. The van der Waals surface area contributed by atoms with E-state index < -0.39 is 0 Å². The molecule has 24 heavy (non-hydrogen) atoms. The predicted molar refractivity (Wildman–Crippen MR) is 92.7 cm³/mol. The Kier molecular flexibility index (Phi) is 6.76. The van der Waals surface area contributed by atoms with Gasteiger partial charge in [0.1, 0.15) is 0 Å². The van der Waals surface area contributed by atoms with Crippen LogP contribution in [0.15, 0.2) is 47.8 Å². The number of ether oxygens (including phenoxy) is 2. The predicted octanol–water partition coefficient (Wildman–Crippen LogP) is 3.03. The van der Waals surface area contributed by atoms with E-state index in [9.17, 15) is 4.79 Å². The van der Waals surface area contributed by atoms with Gasteiger partial charge in [0.05, 0.1) is 25.5 Å². The average molecular weight is 327 g/mol. The van der Waals surface area contributed by atoms with Crippen molar-refractivity contribution in [3.05, 3.63) is 53.9 Å². The van der Waals surface area contributed by atoms with E-state index in [1.54, 1.807) is 37.7 Å². The van der Waals surface area contributed by atoms with Crippen LogP contribution in [0.1, 0.15) is 35.7 Å². The summed E-state index contributed by atoms with van der Waals surface area (Å²) in [7, 11) is 1.59. The van der Waals surface area contributed by atoms with Gasteiger partial charge in [-0.2, -0.15) is 5.10 Å². The highest BCUT2D eigenvalue weighted by Crippen LogP contribution is 2.27. The fraction of sp³-hybridized carbons (Fsp3) is 0.278. The van der Waals surface area contributed by atoms with Crippen molar-refractivity contribution in [3.8, 4) is 11.5 Å². The van der Waals surface area contributed by atoms with Gasteiger partial charge in [-0.1, -0.05) is 13.3 Å². The first-order valence-electron chi connectivity index (χ1n) is 7.79. The highest BCUT2D eigenvalue weighted by atomic mass is 16.5. The highest BCUT2D eigenvalue weighted by Gasteiger charge is 2.05. The van der Waals surface area contributed by atoms with E-state index in [4.69, 9.17) is 9.47 Å². The van der Waals surface area contributed by atoms with Crippen molar-refractivity contribution < 1.29 is 14.3 Å². The molecule has 0 aliphatic rings. The summed E-state index contributed by atoms with van der Waals surface area (Å²) in [6, 6.07) is 8.85. The van der Waals surface area contributed by atoms with Gasteiger partial charge < -0.3 is 9.47 Å². The van der Waals surface area contributed by atoms with Gasteiger partial charge in [-0.3, -0.25) is 9.78 Å². The van der Waals surface area contributed by atoms with Gasteiger partial charge in [0.25, 0.3) is 5.91 Å². The first-order valence-corrected chi connectivity index (χ1v) is 7.79. The molecule has 0 bridgehead atoms. The molecule has 0 saturated carbocycles. The van der Waals surface area contributed by atoms with Gasteiger partial charge in [0.15, 0.2) is 11.5 Å². The monoisotopic (exact) mass is 327 g/mol. The summed E-state index contributed by atoms with van der Waals surface area (Å²) in [4.78, 5) is 15.7. The Balaban J connectivity index is 1.98. The zero-order chi connectivity index (χ0) is 17.2. The van der Waals surface area contributed by atoms with Gasteiger partial charge in [0, 0.05) is 12.4 Å². The largest absolute Gasteiger partial charge is 0.493 e. The molecule has 1 amide bonds. The number of unbranched alkanes of at least 4 members (excludes halogenated alkanes) is 1. The summed E-state index contributed by atoms with van der Waals surface area (Å²) in [5.74, 6) is 1.02. The van der Waals surface area contributed by atoms with Crippen molar-refractivity contribution in [2.75, 3.05) is 13.7 Å². The molecule has 0 spiro atoms. The van der Waals surface area contributed by atoms with Gasteiger partial charge >= 0.3 is 0 Å². The number of methoxy groups -OCH3 is 1. The minimum absolute atomic E-state index is 0.314. The number of pyridine rings is 1. The lowest BCUT2D eigenvalue weighted by Gasteiger charge is -2.10. The molecule has 0 fully saturated rings. The molecule has 0 unspecified atom stereocenters. The molecule has 0 radical (unpaired) electrons. The van der Waals surface area contributed by atoms with Crippen LogP contribution in [0.2, 0.25) is 0 Å². The molecule has 2 rings (SSSR count). The smallest absolute Gasteiger partial charge is 0.272 e. The van der Waals surface area contributed by atoms with Crippen molar-refractivity contribution in [2.24, 2.45) is 5.10 Å². The van der Waals surface area contributed by atoms with Crippen molar-refractivity contribution in [1.29, 1.82) is 0 Å². The number of rotatable bonds is 8. The molecular formula is C18H21N3O3. The van der Waals surface area contributed by atoms with Crippen LogP contribution in [0.25, 0.3) is 0 Å². The summed E-state index contributed by atoms with van der Waals surface area (Å²) < 4.78 is 11.0. The van der Waals surface area contributed by atoms with Crippen LogP contribution >= 0.6 is 0 Å². The van der Waals surface area contributed by atoms with E-state index in [2.05, 4.69) is 22.4 Å². The minimum Gasteiger partial charge on any atom is -0.493 e. The molecule has 0 aliphatic heterocycles. The van der Waals surface area contributed by atoms with Crippen LogP contribution in [0.4, 0.5) is 0 Å². The summed E-state index contributed by atoms with van der Waals surface area (Å²) in [5.41, 5.74) is 3.70. The number of carbonyl (C=O) groups excluding carboxylic acids is 1. The third kappa shape index (κ3) is 5.08. The van der Waals surface area contributed by atoms with Crippen molar-refractivity contribution in [1.82, 2.24) is 10.4 Å². The minimum atomic E-state index is -0.314. The molecule has 1 heterocycles. The van der Waals surface area contributed by atoms with E-state index in [0.717, 1.165) is 18.4 Å². The van der Waals surface area contributed by atoms with E-state index in [0.29, 0.717) is 23.7 Å². The molecule has 1 aromatic carbocycles. The second-order valence-electron chi connectivity index (χ2n) is 5.05. The quantitative estimate of drug-likeness (QED) is 0.459. The van der Waals surface area contributed by atoms with Crippen molar-refractivity contribution in [2.45, 2.75) is 19.8 Å². The molecule has 0 atom stereocenters. The maximum atomic E-state index is 11.8. The lowest BCUT2D eigenvalue weighted by Crippen LogP contribution is -2.17. The molecule has 126 valence electrons. The Bertz CT molecular complexity index is 687. The topological polar surface area (TPSA) is 72.8 Å². The summed E-state index contributed by atoms with van der Waals surface area (Å²) in [5, 5.41) is 3.95. The van der Waals surface area contributed by atoms with Gasteiger partial charge in [-0.25, -0.2) is 5.43 Å². The second kappa shape index (κ2) is 9.29. The third-order valence-electron chi connectivity index (χ3n) is 3.25. The molecule has 1 N–H and O–H groups in total. The molecular weight excluding hydrogens is 306 g/mol. The Morgan fingerprint density at radius 2 is 2.21 bits per heavy atom. The first kappa shape index (κ1) is 17.5. The molecule has 6 nitrogen and oxygen atoms in total. The normalized spacial score (nSPS) is 10.6. The average Bonchev–Trinajstić information content (AvgIpc) is 2.63. The van der Waals surface area contributed by atoms with E-state index in [1.807, 2.05) is 12.1 Å². The van der Waals surface area contributed by atoms with Crippen LogP contribution in [0.5, 0.6) is 11.5 Å². The number of hydrogen-bond acceptors (Lipinski definition) is 5. The number of nitrogens with one attached hydrogen (secondary N) is 1. The standard InChI is InChI=1S/C18H21N3O3/c1-3-4-10-24-16-8-7-14(11-17(16)23-2)12-20-21-18(22)15-6-5-9-19-13-15/h5-9,11-13H,3-4,10H2,1-2H3,(H,21,22)/b20-12-. The van der Waals surface area contributed by atoms with E-state index in [1.165, 1.54) is 6.20 Å². The van der Waals surface area contributed by atoms with Crippen LogP contribution in [-0.2, 0) is 0 Å². The van der Waals surface area contributed by atoms with Crippen LogP contribution in [0, 0.1) is 0 Å².